The zero-order valence-electron chi connectivity index (χ0n) is 16.1. The van der Waals surface area contributed by atoms with Crippen LogP contribution in [0.4, 0.5) is 0 Å². The number of aromatic amines is 1. The number of primary amides is 1. The lowest BCUT2D eigenvalue weighted by molar-refractivity contribution is 0.0970. The van der Waals surface area contributed by atoms with Gasteiger partial charge in [0.2, 0.25) is 0 Å². The highest BCUT2D eigenvalue weighted by Crippen LogP contribution is 2.36. The van der Waals surface area contributed by atoms with Gasteiger partial charge in [-0.25, -0.2) is 14.8 Å². The van der Waals surface area contributed by atoms with Gasteiger partial charge in [0.1, 0.15) is 5.52 Å². The molecule has 10 heteroatoms. The highest BCUT2D eigenvalue weighted by molar-refractivity contribution is 6.02. The Morgan fingerprint density at radius 2 is 2.17 bits per heavy atom. The normalized spacial score (nSPS) is 16.3. The first-order chi connectivity index (χ1) is 14.0. The molecule has 29 heavy (non-hydrogen) atoms. The predicted molar refractivity (Wildman–Crippen MR) is 104 cm³/mol. The molecular formula is C19H21N5O5. The number of amides is 1. The van der Waals surface area contributed by atoms with Crippen LogP contribution in [-0.4, -0.2) is 52.4 Å². The molecule has 0 saturated carbocycles. The molecule has 3 aromatic rings. The van der Waals surface area contributed by atoms with E-state index in [0.717, 1.165) is 12.8 Å². The molecule has 10 nitrogen and oxygen atoms in total. The van der Waals surface area contributed by atoms with E-state index >= 15 is 0 Å². The lowest BCUT2D eigenvalue weighted by Gasteiger charge is -2.13. The van der Waals surface area contributed by atoms with Crippen LogP contribution in [0.15, 0.2) is 23.0 Å². The monoisotopic (exact) mass is 399 g/mol. The fourth-order valence-corrected chi connectivity index (χ4v) is 3.55. The van der Waals surface area contributed by atoms with Crippen LogP contribution in [0, 0.1) is 0 Å². The molecule has 0 unspecified atom stereocenters. The van der Waals surface area contributed by atoms with Crippen molar-refractivity contribution in [3.05, 3.63) is 34.4 Å². The molecule has 4 rings (SSSR count). The summed E-state index contributed by atoms with van der Waals surface area (Å²) in [5.74, 6) is 0.321. The van der Waals surface area contributed by atoms with Crippen LogP contribution in [0.2, 0.25) is 0 Å². The molecule has 1 atom stereocenters. The number of fused-ring (bicyclic) bond motifs is 1. The molecule has 1 aliphatic rings. The zero-order valence-corrected chi connectivity index (χ0v) is 16.1. The molecule has 1 fully saturated rings. The second-order valence-electron chi connectivity index (χ2n) is 6.68. The van der Waals surface area contributed by atoms with Crippen LogP contribution >= 0.6 is 0 Å². The summed E-state index contributed by atoms with van der Waals surface area (Å²) >= 11 is 0. The minimum atomic E-state index is -0.772. The number of ether oxygens (including phenoxy) is 3. The number of imidazole rings is 1. The number of nitrogens with two attached hydrogens (primary N) is 1. The molecule has 0 aliphatic carbocycles. The number of rotatable bonds is 6. The number of H-pyrrole nitrogens is 1. The Labute approximate surface area is 165 Å². The van der Waals surface area contributed by atoms with Crippen LogP contribution in [-0.2, 0) is 11.3 Å². The van der Waals surface area contributed by atoms with Gasteiger partial charge in [-0.1, -0.05) is 6.07 Å². The van der Waals surface area contributed by atoms with Crippen molar-refractivity contribution in [1.29, 1.82) is 0 Å². The van der Waals surface area contributed by atoms with Gasteiger partial charge in [0.25, 0.3) is 5.91 Å². The summed E-state index contributed by atoms with van der Waals surface area (Å²) in [7, 11) is 3.02. The van der Waals surface area contributed by atoms with Crippen molar-refractivity contribution in [2.24, 2.45) is 5.73 Å². The summed E-state index contributed by atoms with van der Waals surface area (Å²) in [6.45, 7) is 0.984. The van der Waals surface area contributed by atoms with E-state index in [2.05, 4.69) is 15.0 Å². The van der Waals surface area contributed by atoms with Crippen LogP contribution in [0.25, 0.3) is 22.6 Å². The molecule has 2 aromatic heterocycles. The number of carbonyl (C=O) groups excluding carboxylic acids is 1. The molecule has 0 spiro atoms. The van der Waals surface area contributed by atoms with Gasteiger partial charge in [0, 0.05) is 6.61 Å². The number of methoxy groups -OCH3 is 2. The van der Waals surface area contributed by atoms with E-state index in [1.807, 2.05) is 0 Å². The molecule has 1 amide bonds. The molecule has 0 radical (unpaired) electrons. The minimum absolute atomic E-state index is 0.0712. The standard InChI is InChI=1S/C19H21N5O5/c1-27-12-7-3-6-11(15(12)28-2)17-21-13(16(20)25)14-18(23-17)24(19(26)22-14)9-10-5-4-8-29-10/h3,6-7,10H,4-5,8-9H2,1-2H3,(H2,20,25)(H,22,26)/t10-/m1/s1. The lowest BCUT2D eigenvalue weighted by atomic mass is 10.1. The first kappa shape index (κ1) is 18.9. The molecule has 1 aliphatic heterocycles. The maximum Gasteiger partial charge on any atom is 0.327 e. The van der Waals surface area contributed by atoms with Crippen molar-refractivity contribution in [2.45, 2.75) is 25.5 Å². The van der Waals surface area contributed by atoms with E-state index < -0.39 is 11.6 Å². The van der Waals surface area contributed by atoms with Gasteiger partial charge in [-0.3, -0.25) is 9.36 Å². The van der Waals surface area contributed by atoms with Crippen LogP contribution < -0.4 is 20.9 Å². The van der Waals surface area contributed by atoms with Gasteiger partial charge in [-0.15, -0.1) is 0 Å². The zero-order chi connectivity index (χ0) is 20.5. The summed E-state index contributed by atoms with van der Waals surface area (Å²) in [5, 5.41) is 0. The Morgan fingerprint density at radius 1 is 1.34 bits per heavy atom. The average Bonchev–Trinajstić information content (AvgIpc) is 3.34. The van der Waals surface area contributed by atoms with Crippen molar-refractivity contribution >= 4 is 17.1 Å². The van der Waals surface area contributed by atoms with Crippen LogP contribution in [0.1, 0.15) is 23.3 Å². The first-order valence-corrected chi connectivity index (χ1v) is 9.16. The smallest absolute Gasteiger partial charge is 0.327 e. The quantitative estimate of drug-likeness (QED) is 0.633. The molecule has 1 saturated heterocycles. The van der Waals surface area contributed by atoms with Crippen LogP contribution in [0.3, 0.4) is 0 Å². The van der Waals surface area contributed by atoms with Crippen molar-refractivity contribution in [3.63, 3.8) is 0 Å². The number of hydrogen-bond donors (Lipinski definition) is 2. The third-order valence-electron chi connectivity index (χ3n) is 4.91. The fraction of sp³-hybridized carbons (Fsp3) is 0.368. The number of benzene rings is 1. The van der Waals surface area contributed by atoms with E-state index in [9.17, 15) is 9.59 Å². The number of nitrogens with zero attached hydrogens (tertiary/aromatic N) is 3. The van der Waals surface area contributed by atoms with Crippen molar-refractivity contribution in [2.75, 3.05) is 20.8 Å². The van der Waals surface area contributed by atoms with Crippen molar-refractivity contribution in [1.82, 2.24) is 19.5 Å². The molecule has 0 bridgehead atoms. The maximum absolute atomic E-state index is 12.6. The van der Waals surface area contributed by atoms with E-state index in [1.54, 1.807) is 18.2 Å². The molecule has 152 valence electrons. The van der Waals surface area contributed by atoms with Crippen molar-refractivity contribution < 1.29 is 19.0 Å². The fourth-order valence-electron chi connectivity index (χ4n) is 3.55. The van der Waals surface area contributed by atoms with E-state index in [4.69, 9.17) is 19.9 Å². The van der Waals surface area contributed by atoms with Crippen molar-refractivity contribution in [3.8, 4) is 22.9 Å². The van der Waals surface area contributed by atoms with Gasteiger partial charge < -0.3 is 24.9 Å². The number of carbonyl (C=O) groups is 1. The minimum Gasteiger partial charge on any atom is -0.493 e. The Bertz CT molecular complexity index is 1130. The third-order valence-corrected chi connectivity index (χ3v) is 4.91. The van der Waals surface area contributed by atoms with E-state index in [-0.39, 0.29) is 28.8 Å². The molecular weight excluding hydrogens is 378 g/mol. The number of hydrogen-bond acceptors (Lipinski definition) is 7. The Balaban J connectivity index is 1.94. The van der Waals surface area contributed by atoms with Crippen LogP contribution in [0.5, 0.6) is 11.5 Å². The highest BCUT2D eigenvalue weighted by atomic mass is 16.5. The van der Waals surface area contributed by atoms with E-state index in [1.165, 1.54) is 18.8 Å². The average molecular weight is 399 g/mol. The maximum atomic E-state index is 12.6. The van der Waals surface area contributed by atoms with Gasteiger partial charge >= 0.3 is 5.69 Å². The van der Waals surface area contributed by atoms with Gasteiger partial charge in [-0.05, 0) is 25.0 Å². The third kappa shape index (κ3) is 3.31. The predicted octanol–water partition coefficient (Wildman–Crippen LogP) is 1.08. The lowest BCUT2D eigenvalue weighted by Crippen LogP contribution is -2.24. The number of para-hydroxylation sites is 1. The number of nitrogens with one attached hydrogen (secondary N) is 1. The SMILES string of the molecule is COc1cccc(-c2nc(C(N)=O)c3[nH]c(=O)n(C[C@H]4CCCO4)c3n2)c1OC. The largest absolute Gasteiger partial charge is 0.493 e. The highest BCUT2D eigenvalue weighted by Gasteiger charge is 2.24. The van der Waals surface area contributed by atoms with E-state index in [0.29, 0.717) is 30.2 Å². The molecule has 1 aromatic carbocycles. The van der Waals surface area contributed by atoms with Gasteiger partial charge in [-0.2, -0.15) is 0 Å². The van der Waals surface area contributed by atoms with Gasteiger partial charge in [0.05, 0.1) is 32.4 Å². The van der Waals surface area contributed by atoms with Gasteiger partial charge in [0.15, 0.2) is 28.7 Å². The molecule has 3 N–H and O–H groups in total. The summed E-state index contributed by atoms with van der Waals surface area (Å²) in [6, 6.07) is 5.23. The number of aromatic nitrogens is 4. The Hall–Kier alpha value is -3.40. The Kier molecular flexibility index (Phi) is 4.93. The topological polar surface area (TPSA) is 134 Å². The summed E-state index contributed by atoms with van der Waals surface area (Å²) in [5.41, 5.74) is 6.06. The second kappa shape index (κ2) is 7.55. The first-order valence-electron chi connectivity index (χ1n) is 9.16. The second-order valence-corrected chi connectivity index (χ2v) is 6.68. The summed E-state index contributed by atoms with van der Waals surface area (Å²) in [4.78, 5) is 36.1. The Morgan fingerprint density at radius 3 is 2.83 bits per heavy atom. The molecule has 3 heterocycles. The summed E-state index contributed by atoms with van der Waals surface area (Å²) in [6.07, 6.45) is 1.70. The summed E-state index contributed by atoms with van der Waals surface area (Å²) < 4.78 is 17.9.